The largest absolute Gasteiger partial charge is 0.508 e. The molecule has 0 atom stereocenters. The Morgan fingerprint density at radius 2 is 2.05 bits per heavy atom. The number of aromatic nitrogens is 2. The standard InChI is InChI=1S/C12H13F2N3O.ClH/c13-12(14)17-10(4-5-16-17)8-15-7-9-2-1-3-11(18)6-9;/h1-6,12,15,18H,7-8H2;1H. The summed E-state index contributed by atoms with van der Waals surface area (Å²) in [6.45, 7) is -1.85. The smallest absolute Gasteiger partial charge is 0.333 e. The number of alkyl halides is 2. The molecule has 0 aliphatic heterocycles. The van der Waals surface area contributed by atoms with Gasteiger partial charge in [0.2, 0.25) is 0 Å². The number of aromatic hydroxyl groups is 1. The maximum Gasteiger partial charge on any atom is 0.333 e. The number of phenols is 1. The van der Waals surface area contributed by atoms with Gasteiger partial charge in [-0.1, -0.05) is 12.1 Å². The molecule has 2 N–H and O–H groups in total. The fourth-order valence-electron chi connectivity index (χ4n) is 1.66. The summed E-state index contributed by atoms with van der Waals surface area (Å²) in [5.41, 5.74) is 1.31. The minimum Gasteiger partial charge on any atom is -0.508 e. The van der Waals surface area contributed by atoms with E-state index in [2.05, 4.69) is 10.4 Å². The molecule has 4 nitrogen and oxygen atoms in total. The number of rotatable bonds is 5. The number of nitrogens with zero attached hydrogens (tertiary/aromatic N) is 2. The van der Waals surface area contributed by atoms with Crippen LogP contribution >= 0.6 is 12.4 Å². The summed E-state index contributed by atoms with van der Waals surface area (Å²) in [5.74, 6) is 0.187. The van der Waals surface area contributed by atoms with Crippen molar-refractivity contribution in [2.24, 2.45) is 0 Å². The van der Waals surface area contributed by atoms with Crippen LogP contribution in [0.25, 0.3) is 0 Å². The molecular formula is C12H14ClF2N3O. The number of halogens is 3. The Morgan fingerprint density at radius 1 is 1.26 bits per heavy atom. The Bertz CT molecular complexity index is 519. The number of benzene rings is 1. The van der Waals surface area contributed by atoms with Gasteiger partial charge in [-0.2, -0.15) is 13.9 Å². The average molecular weight is 290 g/mol. The highest BCUT2D eigenvalue weighted by molar-refractivity contribution is 5.85. The predicted octanol–water partition coefficient (Wildman–Crippen LogP) is 2.70. The normalized spacial score (nSPS) is 10.5. The lowest BCUT2D eigenvalue weighted by atomic mass is 10.2. The molecule has 2 rings (SSSR count). The lowest BCUT2D eigenvalue weighted by Gasteiger charge is -2.08. The molecule has 2 aromatic rings. The lowest BCUT2D eigenvalue weighted by molar-refractivity contribution is 0.0531. The molecule has 7 heteroatoms. The maximum absolute atomic E-state index is 12.5. The van der Waals surface area contributed by atoms with Crippen molar-refractivity contribution in [1.29, 1.82) is 0 Å². The van der Waals surface area contributed by atoms with E-state index in [-0.39, 0.29) is 18.2 Å². The Labute approximate surface area is 115 Å². The highest BCUT2D eigenvalue weighted by Gasteiger charge is 2.10. The molecule has 19 heavy (non-hydrogen) atoms. The van der Waals surface area contributed by atoms with Gasteiger partial charge in [0.15, 0.2) is 0 Å². The van der Waals surface area contributed by atoms with E-state index >= 15 is 0 Å². The molecule has 0 amide bonds. The van der Waals surface area contributed by atoms with Gasteiger partial charge in [-0.25, -0.2) is 4.68 Å². The van der Waals surface area contributed by atoms with E-state index < -0.39 is 6.55 Å². The lowest BCUT2D eigenvalue weighted by Crippen LogP contribution is -2.16. The van der Waals surface area contributed by atoms with Gasteiger partial charge >= 0.3 is 6.55 Å². The third-order valence-corrected chi connectivity index (χ3v) is 2.48. The van der Waals surface area contributed by atoms with Crippen molar-refractivity contribution in [2.75, 3.05) is 0 Å². The Morgan fingerprint density at radius 3 is 2.74 bits per heavy atom. The zero-order valence-corrected chi connectivity index (χ0v) is 10.8. The fourth-order valence-corrected chi connectivity index (χ4v) is 1.66. The van der Waals surface area contributed by atoms with Gasteiger partial charge in [0, 0.05) is 19.3 Å². The maximum atomic E-state index is 12.5. The van der Waals surface area contributed by atoms with Crippen molar-refractivity contribution in [3.05, 3.63) is 47.8 Å². The minimum absolute atomic E-state index is 0. The van der Waals surface area contributed by atoms with Crippen molar-refractivity contribution in [1.82, 2.24) is 15.1 Å². The van der Waals surface area contributed by atoms with Crippen LogP contribution in [0.2, 0.25) is 0 Å². The monoisotopic (exact) mass is 289 g/mol. The first kappa shape index (κ1) is 15.4. The van der Waals surface area contributed by atoms with Gasteiger partial charge in [-0.3, -0.25) is 0 Å². The first-order valence-electron chi connectivity index (χ1n) is 5.46. The molecule has 104 valence electrons. The van der Waals surface area contributed by atoms with E-state index in [9.17, 15) is 13.9 Å². The zero-order chi connectivity index (χ0) is 13.0. The van der Waals surface area contributed by atoms with Gasteiger partial charge in [-0.15, -0.1) is 12.4 Å². The highest BCUT2D eigenvalue weighted by Crippen LogP contribution is 2.13. The third-order valence-electron chi connectivity index (χ3n) is 2.48. The van der Waals surface area contributed by atoms with Crippen molar-refractivity contribution >= 4 is 12.4 Å². The van der Waals surface area contributed by atoms with Gasteiger partial charge in [0.25, 0.3) is 0 Å². The second kappa shape index (κ2) is 7.06. The summed E-state index contributed by atoms with van der Waals surface area (Å²) in [6.07, 6.45) is 1.34. The Hall–Kier alpha value is -1.66. The van der Waals surface area contributed by atoms with Crippen LogP contribution < -0.4 is 5.32 Å². The van der Waals surface area contributed by atoms with Crippen LogP contribution in [0.3, 0.4) is 0 Å². The summed E-state index contributed by atoms with van der Waals surface area (Å²) in [6, 6.07) is 8.32. The summed E-state index contributed by atoms with van der Waals surface area (Å²) >= 11 is 0. The molecule has 0 saturated carbocycles. The Balaban J connectivity index is 0.00000180. The second-order valence-electron chi connectivity index (χ2n) is 3.82. The summed E-state index contributed by atoms with van der Waals surface area (Å²) in [7, 11) is 0. The zero-order valence-electron chi connectivity index (χ0n) is 9.96. The summed E-state index contributed by atoms with van der Waals surface area (Å²) in [4.78, 5) is 0. The number of hydrogen-bond donors (Lipinski definition) is 2. The van der Waals surface area contributed by atoms with Crippen molar-refractivity contribution in [2.45, 2.75) is 19.6 Å². The van der Waals surface area contributed by atoms with Crippen molar-refractivity contribution in [3.8, 4) is 5.75 Å². The molecule has 0 radical (unpaired) electrons. The molecule has 1 aromatic carbocycles. The number of nitrogens with one attached hydrogen (secondary N) is 1. The van der Waals surface area contributed by atoms with Crippen LogP contribution in [-0.4, -0.2) is 14.9 Å². The third kappa shape index (κ3) is 4.18. The molecular weight excluding hydrogens is 276 g/mol. The van der Waals surface area contributed by atoms with E-state index in [0.29, 0.717) is 23.5 Å². The van der Waals surface area contributed by atoms with Gasteiger partial charge in [-0.05, 0) is 23.8 Å². The molecule has 0 aliphatic rings. The van der Waals surface area contributed by atoms with Crippen LogP contribution in [0.5, 0.6) is 5.75 Å². The minimum atomic E-state index is -2.63. The molecule has 0 fully saturated rings. The molecule has 0 saturated heterocycles. The van der Waals surface area contributed by atoms with E-state index in [4.69, 9.17) is 0 Å². The summed E-state index contributed by atoms with van der Waals surface area (Å²) < 4.78 is 25.7. The molecule has 1 aromatic heterocycles. The molecule has 0 aliphatic carbocycles. The quantitative estimate of drug-likeness (QED) is 0.890. The van der Waals surface area contributed by atoms with E-state index in [1.54, 1.807) is 24.3 Å². The first-order chi connectivity index (χ1) is 8.66. The van der Waals surface area contributed by atoms with Crippen LogP contribution in [0.4, 0.5) is 8.78 Å². The van der Waals surface area contributed by atoms with E-state index in [1.807, 2.05) is 6.07 Å². The second-order valence-corrected chi connectivity index (χ2v) is 3.82. The fraction of sp³-hybridized carbons (Fsp3) is 0.250. The van der Waals surface area contributed by atoms with Gasteiger partial charge in [0.1, 0.15) is 5.75 Å². The number of phenolic OH excluding ortho intramolecular Hbond substituents is 1. The van der Waals surface area contributed by atoms with Crippen molar-refractivity contribution in [3.63, 3.8) is 0 Å². The molecule has 0 spiro atoms. The summed E-state index contributed by atoms with van der Waals surface area (Å²) in [5, 5.41) is 15.8. The first-order valence-corrected chi connectivity index (χ1v) is 5.46. The molecule has 0 bridgehead atoms. The van der Waals surface area contributed by atoms with Crippen LogP contribution in [0.1, 0.15) is 17.8 Å². The predicted molar refractivity (Wildman–Crippen MR) is 69.4 cm³/mol. The SMILES string of the molecule is Cl.Oc1cccc(CNCc2ccnn2C(F)F)c1. The van der Waals surface area contributed by atoms with Crippen LogP contribution in [0.15, 0.2) is 36.5 Å². The van der Waals surface area contributed by atoms with Gasteiger partial charge in [0.05, 0.1) is 5.69 Å². The Kier molecular flexibility index (Phi) is 5.72. The molecule has 1 heterocycles. The highest BCUT2D eigenvalue weighted by atomic mass is 35.5. The van der Waals surface area contributed by atoms with Crippen molar-refractivity contribution < 1.29 is 13.9 Å². The number of hydrogen-bond acceptors (Lipinski definition) is 3. The van der Waals surface area contributed by atoms with E-state index in [1.165, 1.54) is 6.20 Å². The topological polar surface area (TPSA) is 50.1 Å². The van der Waals surface area contributed by atoms with Crippen LogP contribution in [-0.2, 0) is 13.1 Å². The van der Waals surface area contributed by atoms with Crippen LogP contribution in [0, 0.1) is 0 Å². The van der Waals surface area contributed by atoms with E-state index in [0.717, 1.165) is 5.56 Å². The average Bonchev–Trinajstić information content (AvgIpc) is 2.77. The van der Waals surface area contributed by atoms with Gasteiger partial charge < -0.3 is 10.4 Å². The molecule has 0 unspecified atom stereocenters.